The van der Waals surface area contributed by atoms with E-state index in [1.807, 2.05) is 0 Å². The van der Waals surface area contributed by atoms with Crippen molar-refractivity contribution in [3.05, 3.63) is 0 Å². The van der Waals surface area contributed by atoms with Crippen molar-refractivity contribution in [1.82, 2.24) is 10.2 Å². The van der Waals surface area contributed by atoms with Gasteiger partial charge in [0, 0.05) is 6.04 Å². The highest BCUT2D eigenvalue weighted by molar-refractivity contribution is 4.73. The SMILES string of the molecule is CCC(C(O)NC)N(CC)CC. The molecule has 0 aliphatic heterocycles. The fourth-order valence-corrected chi connectivity index (χ4v) is 1.57. The molecule has 12 heavy (non-hydrogen) atoms. The fourth-order valence-electron chi connectivity index (χ4n) is 1.57. The summed E-state index contributed by atoms with van der Waals surface area (Å²) in [4.78, 5) is 2.27. The Kier molecular flexibility index (Phi) is 6.34. The van der Waals surface area contributed by atoms with Crippen molar-refractivity contribution in [2.45, 2.75) is 39.5 Å². The van der Waals surface area contributed by atoms with Crippen molar-refractivity contribution in [3.8, 4) is 0 Å². The Morgan fingerprint density at radius 3 is 2.00 bits per heavy atom. The van der Waals surface area contributed by atoms with Gasteiger partial charge in [-0.3, -0.25) is 10.2 Å². The molecule has 2 atom stereocenters. The molecule has 0 aliphatic carbocycles. The highest BCUT2D eigenvalue weighted by Gasteiger charge is 2.20. The molecule has 0 fully saturated rings. The lowest BCUT2D eigenvalue weighted by molar-refractivity contribution is 0.0343. The van der Waals surface area contributed by atoms with Crippen molar-refractivity contribution in [2.75, 3.05) is 20.1 Å². The third kappa shape index (κ3) is 3.09. The van der Waals surface area contributed by atoms with Gasteiger partial charge in [-0.1, -0.05) is 20.8 Å². The van der Waals surface area contributed by atoms with Crippen LogP contribution in [0, 0.1) is 0 Å². The van der Waals surface area contributed by atoms with Crippen LogP contribution in [0.15, 0.2) is 0 Å². The van der Waals surface area contributed by atoms with Gasteiger partial charge in [-0.2, -0.15) is 0 Å². The van der Waals surface area contributed by atoms with Crippen molar-refractivity contribution >= 4 is 0 Å². The summed E-state index contributed by atoms with van der Waals surface area (Å²) in [6.45, 7) is 8.33. The van der Waals surface area contributed by atoms with E-state index in [1.165, 1.54) is 0 Å². The summed E-state index contributed by atoms with van der Waals surface area (Å²) in [6, 6.07) is 0.241. The smallest absolute Gasteiger partial charge is 0.120 e. The van der Waals surface area contributed by atoms with Crippen molar-refractivity contribution < 1.29 is 5.11 Å². The second-order valence-electron chi connectivity index (χ2n) is 2.93. The van der Waals surface area contributed by atoms with E-state index in [4.69, 9.17) is 0 Å². The van der Waals surface area contributed by atoms with Crippen LogP contribution in [0.5, 0.6) is 0 Å². The molecule has 2 N–H and O–H groups in total. The van der Waals surface area contributed by atoms with Crippen LogP contribution < -0.4 is 5.32 Å². The summed E-state index contributed by atoms with van der Waals surface area (Å²) in [5.41, 5.74) is 0. The average Bonchev–Trinajstić information content (AvgIpc) is 2.12. The van der Waals surface area contributed by atoms with Crippen LogP contribution >= 0.6 is 0 Å². The summed E-state index contributed by atoms with van der Waals surface area (Å²) >= 11 is 0. The molecule has 0 saturated heterocycles. The average molecular weight is 174 g/mol. The molecule has 74 valence electrons. The number of likely N-dealkylation sites (N-methyl/N-ethyl adjacent to an activating group) is 2. The van der Waals surface area contributed by atoms with Gasteiger partial charge in [-0.05, 0) is 26.6 Å². The van der Waals surface area contributed by atoms with E-state index in [-0.39, 0.29) is 6.04 Å². The van der Waals surface area contributed by atoms with Crippen LogP contribution in [-0.2, 0) is 0 Å². The Morgan fingerprint density at radius 2 is 1.75 bits per heavy atom. The maximum Gasteiger partial charge on any atom is 0.120 e. The van der Waals surface area contributed by atoms with Gasteiger partial charge in [0.2, 0.25) is 0 Å². The summed E-state index contributed by atoms with van der Waals surface area (Å²) in [5.74, 6) is 0. The minimum Gasteiger partial charge on any atom is -0.377 e. The fraction of sp³-hybridized carbons (Fsp3) is 1.00. The Balaban J connectivity index is 4.09. The molecule has 0 radical (unpaired) electrons. The highest BCUT2D eigenvalue weighted by Crippen LogP contribution is 2.06. The summed E-state index contributed by atoms with van der Waals surface area (Å²) in [6.07, 6.45) is 0.568. The third-order valence-electron chi connectivity index (χ3n) is 2.36. The van der Waals surface area contributed by atoms with Crippen molar-refractivity contribution in [2.24, 2.45) is 0 Å². The number of nitrogens with one attached hydrogen (secondary N) is 1. The first-order valence-electron chi connectivity index (χ1n) is 4.80. The van der Waals surface area contributed by atoms with Crippen LogP contribution in [0.4, 0.5) is 0 Å². The first-order valence-corrected chi connectivity index (χ1v) is 4.80. The lowest BCUT2D eigenvalue weighted by Gasteiger charge is -2.32. The van der Waals surface area contributed by atoms with Crippen LogP contribution in [-0.4, -0.2) is 42.4 Å². The first kappa shape index (κ1) is 11.9. The molecule has 3 heteroatoms. The van der Waals surface area contributed by atoms with Gasteiger partial charge in [-0.25, -0.2) is 0 Å². The van der Waals surface area contributed by atoms with E-state index in [9.17, 15) is 5.11 Å². The van der Waals surface area contributed by atoms with E-state index < -0.39 is 6.23 Å². The van der Waals surface area contributed by atoms with Gasteiger partial charge in [-0.15, -0.1) is 0 Å². The quantitative estimate of drug-likeness (QED) is 0.580. The van der Waals surface area contributed by atoms with Crippen molar-refractivity contribution in [3.63, 3.8) is 0 Å². The molecule has 0 heterocycles. The number of hydrogen-bond acceptors (Lipinski definition) is 3. The minimum atomic E-state index is -0.408. The molecule has 0 amide bonds. The van der Waals surface area contributed by atoms with Crippen LogP contribution in [0.2, 0.25) is 0 Å². The lowest BCUT2D eigenvalue weighted by atomic mass is 10.1. The zero-order valence-electron chi connectivity index (χ0n) is 8.67. The van der Waals surface area contributed by atoms with Crippen LogP contribution in [0.25, 0.3) is 0 Å². The van der Waals surface area contributed by atoms with Gasteiger partial charge < -0.3 is 5.11 Å². The second-order valence-corrected chi connectivity index (χ2v) is 2.93. The van der Waals surface area contributed by atoms with E-state index in [2.05, 4.69) is 31.0 Å². The molecule has 0 bridgehead atoms. The minimum absolute atomic E-state index is 0.241. The molecular formula is C9H22N2O. The monoisotopic (exact) mass is 174 g/mol. The Labute approximate surface area is 75.8 Å². The highest BCUT2D eigenvalue weighted by atomic mass is 16.3. The number of aliphatic hydroxyl groups excluding tert-OH is 1. The van der Waals surface area contributed by atoms with Crippen LogP contribution in [0.1, 0.15) is 27.2 Å². The topological polar surface area (TPSA) is 35.5 Å². The lowest BCUT2D eigenvalue weighted by Crippen LogP contribution is -2.48. The van der Waals surface area contributed by atoms with Gasteiger partial charge in [0.1, 0.15) is 6.23 Å². The number of nitrogens with zero attached hydrogens (tertiary/aromatic N) is 1. The van der Waals surface area contributed by atoms with Gasteiger partial charge in [0.05, 0.1) is 0 Å². The molecule has 0 aliphatic rings. The van der Waals surface area contributed by atoms with Gasteiger partial charge >= 0.3 is 0 Å². The van der Waals surface area contributed by atoms with E-state index in [0.29, 0.717) is 0 Å². The maximum atomic E-state index is 9.60. The molecule has 3 nitrogen and oxygen atoms in total. The third-order valence-corrected chi connectivity index (χ3v) is 2.36. The van der Waals surface area contributed by atoms with Crippen molar-refractivity contribution in [1.29, 1.82) is 0 Å². The predicted molar refractivity (Wildman–Crippen MR) is 52.1 cm³/mol. The summed E-state index contributed by atoms with van der Waals surface area (Å²) in [7, 11) is 1.79. The molecule has 0 spiro atoms. The maximum absolute atomic E-state index is 9.60. The molecule has 0 aromatic rings. The zero-order chi connectivity index (χ0) is 9.56. The molecule has 0 saturated carbocycles. The largest absolute Gasteiger partial charge is 0.377 e. The zero-order valence-corrected chi connectivity index (χ0v) is 8.67. The normalized spacial score (nSPS) is 16.5. The standard InChI is InChI=1S/C9H22N2O/c1-5-8(9(12)10-4)11(6-2)7-3/h8-10,12H,5-7H2,1-4H3. The summed E-state index contributed by atoms with van der Waals surface area (Å²) < 4.78 is 0. The number of rotatable bonds is 6. The molecular weight excluding hydrogens is 152 g/mol. The second kappa shape index (κ2) is 6.40. The molecule has 2 unspecified atom stereocenters. The predicted octanol–water partition coefficient (Wildman–Crippen LogP) is 0.645. The first-order chi connectivity index (χ1) is 5.71. The van der Waals surface area contributed by atoms with Gasteiger partial charge in [0.15, 0.2) is 0 Å². The molecule has 0 rings (SSSR count). The number of aliphatic hydroxyl groups is 1. The Hall–Kier alpha value is -0.120. The number of hydrogen-bond donors (Lipinski definition) is 2. The van der Waals surface area contributed by atoms with E-state index >= 15 is 0 Å². The van der Waals surface area contributed by atoms with Crippen LogP contribution in [0.3, 0.4) is 0 Å². The van der Waals surface area contributed by atoms with E-state index in [1.54, 1.807) is 7.05 Å². The van der Waals surface area contributed by atoms with E-state index in [0.717, 1.165) is 19.5 Å². The molecule has 0 aromatic heterocycles. The summed E-state index contributed by atoms with van der Waals surface area (Å²) in [5, 5.41) is 12.5. The van der Waals surface area contributed by atoms with Gasteiger partial charge in [0.25, 0.3) is 0 Å². The Morgan fingerprint density at radius 1 is 1.25 bits per heavy atom. The Bertz CT molecular complexity index is 105. The molecule has 0 aromatic carbocycles.